The molecule has 0 bridgehead atoms. The Morgan fingerprint density at radius 3 is 2.45 bits per heavy atom. The maximum Gasteiger partial charge on any atom is 0.315 e. The minimum atomic E-state index is -0.0987. The van der Waals surface area contributed by atoms with E-state index in [0.717, 1.165) is 39.1 Å². The van der Waals surface area contributed by atoms with Gasteiger partial charge in [-0.15, -0.1) is 0 Å². The molecule has 0 radical (unpaired) electrons. The molecule has 2 heterocycles. The third-order valence-corrected chi connectivity index (χ3v) is 7.82. The van der Waals surface area contributed by atoms with E-state index in [1.807, 2.05) is 13.8 Å². The van der Waals surface area contributed by atoms with E-state index in [1.165, 1.54) is 24.8 Å². The Bertz CT molecular complexity index is 678. The predicted molar refractivity (Wildman–Crippen MR) is 134 cm³/mol. The second kappa shape index (κ2) is 12.2. The molecule has 4 atom stereocenters. The van der Waals surface area contributed by atoms with Crippen molar-refractivity contribution in [1.29, 1.82) is 0 Å². The van der Waals surface area contributed by atoms with E-state index in [-0.39, 0.29) is 12.1 Å². The molecule has 0 spiro atoms. The summed E-state index contributed by atoms with van der Waals surface area (Å²) < 4.78 is 0. The Morgan fingerprint density at radius 1 is 1.12 bits per heavy atom. The third-order valence-electron chi connectivity index (χ3n) is 7.82. The normalized spacial score (nSPS) is 29.2. The molecule has 1 unspecified atom stereocenters. The van der Waals surface area contributed by atoms with E-state index in [2.05, 4.69) is 52.6 Å². The number of carbonyl (C=O) groups is 2. The van der Waals surface area contributed by atoms with Gasteiger partial charge in [0.05, 0.1) is 6.17 Å². The van der Waals surface area contributed by atoms with Crippen LogP contribution in [0.15, 0.2) is 11.6 Å². The average molecular weight is 462 g/mol. The molecule has 7 nitrogen and oxygen atoms in total. The SMILES string of the molecule is CC1=C[C@@H](CNC(=O)NC(C)C)[C@H](C(C)C)C[C@H]1CC(=O)N1CCN(C2CCCCN2)CC1. The topological polar surface area (TPSA) is 76.7 Å². The molecule has 1 aliphatic carbocycles. The van der Waals surface area contributed by atoms with Crippen LogP contribution < -0.4 is 16.0 Å². The highest BCUT2D eigenvalue weighted by atomic mass is 16.2. The van der Waals surface area contributed by atoms with Crippen LogP contribution in [-0.2, 0) is 4.79 Å². The van der Waals surface area contributed by atoms with Gasteiger partial charge in [-0.1, -0.05) is 25.5 Å². The second-order valence-electron chi connectivity index (χ2n) is 11.0. The van der Waals surface area contributed by atoms with E-state index >= 15 is 0 Å². The molecule has 0 aromatic carbocycles. The molecule has 188 valence electrons. The first-order valence-corrected chi connectivity index (χ1v) is 13.2. The predicted octanol–water partition coefficient (Wildman–Crippen LogP) is 3.18. The van der Waals surface area contributed by atoms with Crippen LogP contribution in [0.1, 0.15) is 66.7 Å². The average Bonchev–Trinajstić information content (AvgIpc) is 2.79. The second-order valence-corrected chi connectivity index (χ2v) is 11.0. The third kappa shape index (κ3) is 7.44. The van der Waals surface area contributed by atoms with Crippen molar-refractivity contribution in [2.75, 3.05) is 39.3 Å². The van der Waals surface area contributed by atoms with Crippen LogP contribution in [0.2, 0.25) is 0 Å². The van der Waals surface area contributed by atoms with Crippen LogP contribution >= 0.6 is 0 Å². The highest BCUT2D eigenvalue weighted by molar-refractivity contribution is 5.77. The molecule has 33 heavy (non-hydrogen) atoms. The summed E-state index contributed by atoms with van der Waals surface area (Å²) in [5, 5.41) is 9.59. The zero-order valence-corrected chi connectivity index (χ0v) is 21.5. The maximum atomic E-state index is 13.2. The first kappa shape index (κ1) is 26.0. The molecule has 3 rings (SSSR count). The number of hydrogen-bond donors (Lipinski definition) is 3. The van der Waals surface area contributed by atoms with Gasteiger partial charge in [0.15, 0.2) is 0 Å². The van der Waals surface area contributed by atoms with Crippen molar-refractivity contribution in [3.63, 3.8) is 0 Å². The summed E-state index contributed by atoms with van der Waals surface area (Å²) >= 11 is 0. The van der Waals surface area contributed by atoms with Gasteiger partial charge in [-0.3, -0.25) is 9.69 Å². The van der Waals surface area contributed by atoms with Gasteiger partial charge in [0.1, 0.15) is 0 Å². The lowest BCUT2D eigenvalue weighted by atomic mass is 9.69. The van der Waals surface area contributed by atoms with Crippen LogP contribution in [0.25, 0.3) is 0 Å². The van der Waals surface area contributed by atoms with Crippen molar-refractivity contribution in [3.8, 4) is 0 Å². The van der Waals surface area contributed by atoms with Gasteiger partial charge in [0.2, 0.25) is 5.91 Å². The number of amides is 3. The molecule has 3 amide bonds. The lowest BCUT2D eigenvalue weighted by Crippen LogP contribution is -2.57. The quantitative estimate of drug-likeness (QED) is 0.509. The molecule has 7 heteroatoms. The fourth-order valence-electron chi connectivity index (χ4n) is 5.80. The summed E-state index contributed by atoms with van der Waals surface area (Å²) in [4.78, 5) is 29.8. The van der Waals surface area contributed by atoms with E-state index < -0.39 is 0 Å². The van der Waals surface area contributed by atoms with Crippen LogP contribution in [0.3, 0.4) is 0 Å². The van der Waals surface area contributed by atoms with Crippen LogP contribution in [0.4, 0.5) is 4.79 Å². The smallest absolute Gasteiger partial charge is 0.315 e. The van der Waals surface area contributed by atoms with Crippen LogP contribution in [-0.4, -0.2) is 73.2 Å². The monoisotopic (exact) mass is 461 g/mol. The van der Waals surface area contributed by atoms with Crippen molar-refractivity contribution >= 4 is 11.9 Å². The van der Waals surface area contributed by atoms with Crippen molar-refractivity contribution in [3.05, 3.63) is 11.6 Å². The number of carbonyl (C=O) groups excluding carboxylic acids is 2. The van der Waals surface area contributed by atoms with Gasteiger partial charge in [-0.05, 0) is 76.7 Å². The maximum absolute atomic E-state index is 13.2. The number of nitrogens with zero attached hydrogens (tertiary/aromatic N) is 2. The van der Waals surface area contributed by atoms with E-state index in [4.69, 9.17) is 0 Å². The van der Waals surface area contributed by atoms with Gasteiger partial charge in [0, 0.05) is 45.2 Å². The Hall–Kier alpha value is -1.60. The number of piperidine rings is 1. The lowest BCUT2D eigenvalue weighted by molar-refractivity contribution is -0.134. The standard InChI is InChI=1S/C26H47N5O2/c1-18(2)23-15-21(20(5)14-22(23)17-28-26(33)29-19(3)4)16-25(32)31-12-10-30(11-13-31)24-8-6-7-9-27-24/h14,18-19,21-24,27H,6-13,15-17H2,1-5H3,(H2,28,29,33)/t21-,22-,23-,24?/m0/s1. The molecule has 0 aromatic heterocycles. The highest BCUT2D eigenvalue weighted by Gasteiger charge is 2.34. The molecule has 2 aliphatic heterocycles. The first-order valence-electron chi connectivity index (χ1n) is 13.2. The summed E-state index contributed by atoms with van der Waals surface area (Å²) in [6.07, 6.45) is 8.28. The molecule has 0 aromatic rings. The Kier molecular flexibility index (Phi) is 9.62. The van der Waals surface area contributed by atoms with Gasteiger partial charge in [-0.25, -0.2) is 4.79 Å². The fraction of sp³-hybridized carbons (Fsp3) is 0.846. The number of allylic oxidation sites excluding steroid dienone is 1. The molecule has 0 saturated carbocycles. The highest BCUT2D eigenvalue weighted by Crippen LogP contribution is 2.39. The largest absolute Gasteiger partial charge is 0.340 e. The van der Waals surface area contributed by atoms with Crippen molar-refractivity contribution in [1.82, 2.24) is 25.8 Å². The molecular formula is C26H47N5O2. The van der Waals surface area contributed by atoms with E-state index in [1.54, 1.807) is 0 Å². The van der Waals surface area contributed by atoms with Gasteiger partial charge < -0.3 is 20.9 Å². The van der Waals surface area contributed by atoms with Crippen molar-refractivity contribution in [2.45, 2.75) is 78.9 Å². The number of rotatable bonds is 7. The Labute approximate surface area is 201 Å². The summed E-state index contributed by atoms with van der Waals surface area (Å²) in [6, 6.07) is 0.0316. The van der Waals surface area contributed by atoms with E-state index in [9.17, 15) is 9.59 Å². The Morgan fingerprint density at radius 2 is 1.85 bits per heavy atom. The van der Waals surface area contributed by atoms with Gasteiger partial charge >= 0.3 is 6.03 Å². The lowest BCUT2D eigenvalue weighted by Gasteiger charge is -2.42. The Balaban J connectivity index is 1.51. The fourth-order valence-corrected chi connectivity index (χ4v) is 5.80. The number of piperazine rings is 1. The number of hydrogen-bond acceptors (Lipinski definition) is 4. The van der Waals surface area contributed by atoms with E-state index in [0.29, 0.717) is 48.7 Å². The summed E-state index contributed by atoms with van der Waals surface area (Å²) in [6.45, 7) is 16.0. The first-order chi connectivity index (χ1) is 15.7. The molecule has 3 N–H and O–H groups in total. The van der Waals surface area contributed by atoms with Crippen LogP contribution in [0.5, 0.6) is 0 Å². The molecule has 2 fully saturated rings. The molecular weight excluding hydrogens is 414 g/mol. The zero-order chi connectivity index (χ0) is 24.0. The number of urea groups is 1. The van der Waals surface area contributed by atoms with Crippen molar-refractivity contribution in [2.24, 2.45) is 23.7 Å². The van der Waals surface area contributed by atoms with Crippen LogP contribution in [0, 0.1) is 23.7 Å². The van der Waals surface area contributed by atoms with Crippen molar-refractivity contribution < 1.29 is 9.59 Å². The summed E-state index contributed by atoms with van der Waals surface area (Å²) in [5.74, 6) is 1.92. The van der Waals surface area contributed by atoms with Gasteiger partial charge in [0.25, 0.3) is 0 Å². The minimum Gasteiger partial charge on any atom is -0.340 e. The zero-order valence-electron chi connectivity index (χ0n) is 21.5. The minimum absolute atomic E-state index is 0.0987. The summed E-state index contributed by atoms with van der Waals surface area (Å²) in [7, 11) is 0. The molecule has 2 saturated heterocycles. The van der Waals surface area contributed by atoms with Gasteiger partial charge in [-0.2, -0.15) is 0 Å². The summed E-state index contributed by atoms with van der Waals surface area (Å²) in [5.41, 5.74) is 1.31. The molecule has 3 aliphatic rings. The number of nitrogens with one attached hydrogen (secondary N) is 3.